The monoisotopic (exact) mass is 478 g/mol. The Balaban J connectivity index is 2.42. The number of benzene rings is 1. The van der Waals surface area contributed by atoms with Crippen LogP contribution in [0.4, 0.5) is 23.0 Å². The summed E-state index contributed by atoms with van der Waals surface area (Å²) in [5.74, 6) is 0.896. The molecule has 1 aromatic heterocycles. The van der Waals surface area contributed by atoms with Gasteiger partial charge in [-0.15, -0.1) is 0 Å². The number of rotatable bonds is 12. The molecule has 1 N–H and O–H groups in total. The van der Waals surface area contributed by atoms with Crippen LogP contribution in [0, 0.1) is 22.0 Å². The highest BCUT2D eigenvalue weighted by Gasteiger charge is 2.28. The van der Waals surface area contributed by atoms with Gasteiger partial charge in [-0.2, -0.15) is 4.31 Å². The van der Waals surface area contributed by atoms with E-state index in [9.17, 15) is 18.5 Å². The summed E-state index contributed by atoms with van der Waals surface area (Å²) in [7, 11) is -3.59. The Morgan fingerprint density at radius 3 is 2.00 bits per heavy atom. The van der Waals surface area contributed by atoms with Crippen LogP contribution < -0.4 is 10.2 Å². The van der Waals surface area contributed by atoms with Gasteiger partial charge in [0.15, 0.2) is 0 Å². The Morgan fingerprint density at radius 2 is 1.55 bits per heavy atom. The average Bonchev–Trinajstić information content (AvgIpc) is 2.73. The summed E-state index contributed by atoms with van der Waals surface area (Å²) >= 11 is 0. The molecule has 2 aromatic rings. The van der Waals surface area contributed by atoms with Gasteiger partial charge in [-0.25, -0.2) is 18.4 Å². The number of nitro groups is 1. The van der Waals surface area contributed by atoms with Gasteiger partial charge in [0, 0.05) is 31.9 Å². The Morgan fingerprint density at radius 1 is 1.00 bits per heavy atom. The number of hydrogen-bond donors (Lipinski definition) is 1. The predicted molar refractivity (Wildman–Crippen MR) is 130 cm³/mol. The van der Waals surface area contributed by atoms with Gasteiger partial charge >= 0.3 is 5.69 Å². The molecule has 0 aliphatic heterocycles. The van der Waals surface area contributed by atoms with E-state index in [1.54, 1.807) is 26.0 Å². The van der Waals surface area contributed by atoms with Gasteiger partial charge in [0.1, 0.15) is 6.33 Å². The second-order valence-electron chi connectivity index (χ2n) is 8.58. The largest absolute Gasteiger partial charge is 0.353 e. The first kappa shape index (κ1) is 26.5. The molecular weight excluding hydrogens is 444 g/mol. The average molecular weight is 479 g/mol. The predicted octanol–water partition coefficient (Wildman–Crippen LogP) is 4.28. The lowest BCUT2D eigenvalue weighted by atomic mass is 10.1. The summed E-state index contributed by atoms with van der Waals surface area (Å²) in [5, 5.41) is 15.0. The van der Waals surface area contributed by atoms with Crippen LogP contribution in [0.5, 0.6) is 0 Å². The number of nitrogens with one attached hydrogen (secondary N) is 1. The topological polar surface area (TPSA) is 122 Å². The highest BCUT2D eigenvalue weighted by atomic mass is 32.2. The van der Waals surface area contributed by atoms with Gasteiger partial charge in [0.2, 0.25) is 21.7 Å². The van der Waals surface area contributed by atoms with Gasteiger partial charge < -0.3 is 10.2 Å². The smallest absolute Gasteiger partial charge is 0.350 e. The van der Waals surface area contributed by atoms with Crippen LogP contribution in [-0.4, -0.2) is 53.8 Å². The highest BCUT2D eigenvalue weighted by Crippen LogP contribution is 2.34. The van der Waals surface area contributed by atoms with Crippen molar-refractivity contribution in [2.75, 3.05) is 36.4 Å². The van der Waals surface area contributed by atoms with Crippen LogP contribution >= 0.6 is 0 Å². The summed E-state index contributed by atoms with van der Waals surface area (Å²) in [6.45, 7) is 13.7. The van der Waals surface area contributed by atoms with Crippen molar-refractivity contribution in [1.82, 2.24) is 14.3 Å². The summed E-state index contributed by atoms with van der Waals surface area (Å²) < 4.78 is 26.8. The Kier molecular flexibility index (Phi) is 9.12. The molecular formula is C22H34N6O4S. The zero-order valence-corrected chi connectivity index (χ0v) is 21.0. The summed E-state index contributed by atoms with van der Waals surface area (Å²) in [5.41, 5.74) is 0.277. The van der Waals surface area contributed by atoms with Gasteiger partial charge in [-0.05, 0) is 36.1 Å². The molecule has 0 bridgehead atoms. The lowest BCUT2D eigenvalue weighted by Gasteiger charge is -2.27. The van der Waals surface area contributed by atoms with Crippen LogP contribution in [0.1, 0.15) is 41.5 Å². The van der Waals surface area contributed by atoms with Crippen LogP contribution in [0.15, 0.2) is 35.5 Å². The van der Waals surface area contributed by atoms with E-state index in [1.807, 2.05) is 32.6 Å². The number of aromatic nitrogens is 2. The van der Waals surface area contributed by atoms with Crippen LogP contribution in [0.25, 0.3) is 0 Å². The fourth-order valence-electron chi connectivity index (χ4n) is 3.55. The molecule has 0 aliphatic rings. The molecule has 0 fully saturated rings. The molecule has 0 unspecified atom stereocenters. The van der Waals surface area contributed by atoms with E-state index in [1.165, 1.54) is 22.8 Å². The lowest BCUT2D eigenvalue weighted by Crippen LogP contribution is -2.32. The maximum Gasteiger partial charge on any atom is 0.353 e. The van der Waals surface area contributed by atoms with E-state index in [0.717, 1.165) is 0 Å². The lowest BCUT2D eigenvalue weighted by molar-refractivity contribution is -0.383. The minimum Gasteiger partial charge on any atom is -0.350 e. The molecule has 2 rings (SSSR count). The zero-order chi connectivity index (χ0) is 24.8. The van der Waals surface area contributed by atoms with Crippen LogP contribution in [0.2, 0.25) is 0 Å². The number of hydrogen-bond acceptors (Lipinski definition) is 8. The van der Waals surface area contributed by atoms with Gasteiger partial charge in [0.25, 0.3) is 0 Å². The van der Waals surface area contributed by atoms with E-state index in [0.29, 0.717) is 31.9 Å². The van der Waals surface area contributed by atoms with Crippen molar-refractivity contribution >= 4 is 33.0 Å². The van der Waals surface area contributed by atoms with Crippen molar-refractivity contribution < 1.29 is 13.3 Å². The molecule has 10 nitrogen and oxygen atoms in total. The van der Waals surface area contributed by atoms with Crippen LogP contribution in [0.3, 0.4) is 0 Å². The van der Waals surface area contributed by atoms with Crippen molar-refractivity contribution in [3.8, 4) is 0 Å². The molecule has 0 spiro atoms. The quantitative estimate of drug-likeness (QED) is 0.354. The highest BCUT2D eigenvalue weighted by molar-refractivity contribution is 7.89. The molecule has 0 atom stereocenters. The van der Waals surface area contributed by atoms with Gasteiger partial charge in [-0.1, -0.05) is 41.5 Å². The number of anilines is 3. The Bertz CT molecular complexity index is 1030. The third-order valence-electron chi connectivity index (χ3n) is 4.92. The fourth-order valence-corrected chi connectivity index (χ4v) is 5.01. The third kappa shape index (κ3) is 6.61. The Labute approximate surface area is 196 Å². The standard InChI is InChI=1S/C22H34N6O4S/c1-7-27(8-2)33(31,32)19-11-9-18(10-12-19)25-21-20(28(29)30)22(24-15-23-21)26(13-16(3)4)14-17(5)6/h9-12,15-17H,7-8,13-14H2,1-6H3,(H,23,24,25). The first-order valence-electron chi connectivity index (χ1n) is 11.1. The molecule has 0 amide bonds. The zero-order valence-electron chi connectivity index (χ0n) is 20.1. The van der Waals surface area contributed by atoms with E-state index >= 15 is 0 Å². The van der Waals surface area contributed by atoms with Crippen molar-refractivity contribution in [2.45, 2.75) is 46.4 Å². The fraction of sp³-hybridized carbons (Fsp3) is 0.545. The minimum absolute atomic E-state index is 0.0573. The molecule has 182 valence electrons. The normalized spacial score (nSPS) is 11.9. The van der Waals surface area contributed by atoms with Gasteiger partial charge in [0.05, 0.1) is 9.82 Å². The molecule has 0 saturated carbocycles. The summed E-state index contributed by atoms with van der Waals surface area (Å²) in [4.78, 5) is 22.0. The van der Waals surface area contributed by atoms with Gasteiger partial charge in [-0.3, -0.25) is 10.1 Å². The second-order valence-corrected chi connectivity index (χ2v) is 10.5. The minimum atomic E-state index is -3.59. The maximum atomic E-state index is 12.7. The molecule has 1 aromatic carbocycles. The van der Waals surface area contributed by atoms with Crippen LogP contribution in [-0.2, 0) is 10.0 Å². The molecule has 0 saturated heterocycles. The first-order valence-corrected chi connectivity index (χ1v) is 12.6. The molecule has 0 aliphatic carbocycles. The second kappa shape index (κ2) is 11.4. The summed E-state index contributed by atoms with van der Waals surface area (Å²) in [6.07, 6.45) is 1.30. The maximum absolute atomic E-state index is 12.7. The molecule has 1 heterocycles. The molecule has 33 heavy (non-hydrogen) atoms. The van der Waals surface area contributed by atoms with Crippen molar-refractivity contribution in [2.24, 2.45) is 11.8 Å². The number of sulfonamides is 1. The molecule has 11 heteroatoms. The summed E-state index contributed by atoms with van der Waals surface area (Å²) in [6, 6.07) is 6.10. The van der Waals surface area contributed by atoms with E-state index in [4.69, 9.17) is 0 Å². The van der Waals surface area contributed by atoms with E-state index in [2.05, 4.69) is 15.3 Å². The van der Waals surface area contributed by atoms with Crippen molar-refractivity contribution in [1.29, 1.82) is 0 Å². The molecule has 0 radical (unpaired) electrons. The van der Waals surface area contributed by atoms with E-state index < -0.39 is 14.9 Å². The van der Waals surface area contributed by atoms with Crippen molar-refractivity contribution in [3.05, 3.63) is 40.7 Å². The first-order chi connectivity index (χ1) is 15.5. The Hall–Kier alpha value is -2.79. The third-order valence-corrected chi connectivity index (χ3v) is 6.98. The van der Waals surface area contributed by atoms with Crippen molar-refractivity contribution in [3.63, 3.8) is 0 Å². The van der Waals surface area contributed by atoms with E-state index in [-0.39, 0.29) is 34.1 Å². The number of nitrogens with zero attached hydrogens (tertiary/aromatic N) is 5. The SMILES string of the molecule is CCN(CC)S(=O)(=O)c1ccc(Nc2ncnc(N(CC(C)C)CC(C)C)c2[N+](=O)[O-])cc1.